The average molecular weight is 225 g/mol. The van der Waals surface area contributed by atoms with Crippen LogP contribution in [0.15, 0.2) is 33.2 Å². The Hall–Kier alpha value is -0.760. The van der Waals surface area contributed by atoms with Crippen molar-refractivity contribution in [1.29, 1.82) is 0 Å². The van der Waals surface area contributed by atoms with E-state index in [-0.39, 0.29) is 0 Å². The van der Waals surface area contributed by atoms with Gasteiger partial charge in [-0.05, 0) is 24.3 Å². The lowest BCUT2D eigenvalue weighted by Gasteiger charge is -1.87. The van der Waals surface area contributed by atoms with Gasteiger partial charge in [-0.15, -0.1) is 0 Å². The molecule has 0 unspecified atom stereocenters. The van der Waals surface area contributed by atoms with E-state index in [0.717, 1.165) is 22.2 Å². The smallest absolute Gasteiger partial charge is 0.134 e. The van der Waals surface area contributed by atoms with Crippen molar-refractivity contribution in [2.75, 3.05) is 0 Å². The van der Waals surface area contributed by atoms with Crippen molar-refractivity contribution in [2.45, 2.75) is 13.3 Å². The Kier molecular flexibility index (Phi) is 1.93. The topological polar surface area (TPSA) is 13.1 Å². The van der Waals surface area contributed by atoms with E-state index in [4.69, 9.17) is 4.42 Å². The van der Waals surface area contributed by atoms with Gasteiger partial charge < -0.3 is 4.42 Å². The first-order valence-corrected chi connectivity index (χ1v) is 4.77. The molecule has 2 rings (SSSR count). The van der Waals surface area contributed by atoms with E-state index < -0.39 is 0 Å². The van der Waals surface area contributed by atoms with Crippen molar-refractivity contribution in [3.63, 3.8) is 0 Å². The number of aryl methyl sites for hydroxylation is 1. The third kappa shape index (κ3) is 1.27. The summed E-state index contributed by atoms with van der Waals surface area (Å²) < 4.78 is 6.65. The van der Waals surface area contributed by atoms with Gasteiger partial charge in [0.05, 0.1) is 0 Å². The van der Waals surface area contributed by atoms with Crippen LogP contribution in [0.1, 0.15) is 12.7 Å². The summed E-state index contributed by atoms with van der Waals surface area (Å²) in [5.41, 5.74) is 0.968. The first kappa shape index (κ1) is 7.87. The molecule has 1 aromatic carbocycles. The van der Waals surface area contributed by atoms with Crippen molar-refractivity contribution >= 4 is 26.9 Å². The highest BCUT2D eigenvalue weighted by atomic mass is 79.9. The van der Waals surface area contributed by atoms with Crippen LogP contribution in [0, 0.1) is 0 Å². The minimum Gasteiger partial charge on any atom is -0.461 e. The lowest BCUT2D eigenvalue weighted by molar-refractivity contribution is 0.557. The molecule has 62 valence electrons. The van der Waals surface area contributed by atoms with Gasteiger partial charge in [-0.3, -0.25) is 0 Å². The average Bonchev–Trinajstić information content (AvgIpc) is 2.46. The van der Waals surface area contributed by atoms with Gasteiger partial charge in [0.2, 0.25) is 0 Å². The quantitative estimate of drug-likeness (QED) is 0.720. The van der Waals surface area contributed by atoms with Crippen molar-refractivity contribution in [1.82, 2.24) is 0 Å². The van der Waals surface area contributed by atoms with Crippen LogP contribution in [0.4, 0.5) is 0 Å². The number of halogens is 1. The van der Waals surface area contributed by atoms with Crippen LogP contribution in [-0.2, 0) is 6.42 Å². The van der Waals surface area contributed by atoms with Crippen LogP contribution in [0.5, 0.6) is 0 Å². The minimum atomic E-state index is 0.951. The summed E-state index contributed by atoms with van der Waals surface area (Å²) in [5, 5.41) is 1.17. The number of furan rings is 1. The van der Waals surface area contributed by atoms with Crippen molar-refractivity contribution in [2.24, 2.45) is 0 Å². The fourth-order valence-corrected chi connectivity index (χ4v) is 1.62. The summed E-state index contributed by atoms with van der Waals surface area (Å²) in [6, 6.07) is 8.13. The highest BCUT2D eigenvalue weighted by Gasteiger charge is 2.01. The lowest BCUT2D eigenvalue weighted by atomic mass is 10.2. The first-order chi connectivity index (χ1) is 5.79. The van der Waals surface area contributed by atoms with Gasteiger partial charge in [0.15, 0.2) is 0 Å². The molecule has 1 aromatic heterocycles. The van der Waals surface area contributed by atoms with Crippen molar-refractivity contribution < 1.29 is 4.42 Å². The molecule has 0 atom stereocenters. The monoisotopic (exact) mass is 224 g/mol. The lowest BCUT2D eigenvalue weighted by Crippen LogP contribution is -1.67. The molecule has 12 heavy (non-hydrogen) atoms. The van der Waals surface area contributed by atoms with E-state index in [2.05, 4.69) is 35.0 Å². The second kappa shape index (κ2) is 2.94. The molecule has 0 bridgehead atoms. The van der Waals surface area contributed by atoms with Crippen LogP contribution in [0.25, 0.3) is 11.0 Å². The molecule has 0 saturated carbocycles. The van der Waals surface area contributed by atoms with E-state index in [1.54, 1.807) is 0 Å². The third-order valence-corrected chi connectivity index (χ3v) is 2.37. The highest BCUT2D eigenvalue weighted by Crippen LogP contribution is 2.23. The number of hydrogen-bond donors (Lipinski definition) is 0. The van der Waals surface area contributed by atoms with Gasteiger partial charge in [-0.25, -0.2) is 0 Å². The maximum atomic E-state index is 5.55. The summed E-state index contributed by atoms with van der Waals surface area (Å²) in [5.74, 6) is 1.04. The predicted molar refractivity (Wildman–Crippen MR) is 53.3 cm³/mol. The Morgan fingerprint density at radius 3 is 2.92 bits per heavy atom. The Balaban J connectivity index is 2.67. The summed E-state index contributed by atoms with van der Waals surface area (Å²) in [6.07, 6.45) is 0.951. The van der Waals surface area contributed by atoms with Crippen molar-refractivity contribution in [3.05, 3.63) is 34.5 Å². The number of fused-ring (bicyclic) bond motifs is 1. The minimum absolute atomic E-state index is 0.951. The Bertz CT molecular complexity index is 403. The van der Waals surface area contributed by atoms with Gasteiger partial charge in [0.1, 0.15) is 11.3 Å². The zero-order chi connectivity index (χ0) is 8.55. The van der Waals surface area contributed by atoms with Crippen LogP contribution in [0.2, 0.25) is 0 Å². The maximum absolute atomic E-state index is 5.55. The van der Waals surface area contributed by atoms with Crippen LogP contribution < -0.4 is 0 Å². The Morgan fingerprint density at radius 1 is 1.33 bits per heavy atom. The number of rotatable bonds is 1. The molecule has 0 radical (unpaired) electrons. The summed E-state index contributed by atoms with van der Waals surface area (Å²) in [4.78, 5) is 0. The molecule has 0 N–H and O–H groups in total. The van der Waals surface area contributed by atoms with E-state index in [9.17, 15) is 0 Å². The summed E-state index contributed by atoms with van der Waals surface area (Å²) in [6.45, 7) is 2.09. The third-order valence-electron chi connectivity index (χ3n) is 1.88. The molecule has 0 amide bonds. The Morgan fingerprint density at radius 2 is 2.17 bits per heavy atom. The molecule has 2 heteroatoms. The predicted octanol–water partition coefficient (Wildman–Crippen LogP) is 3.76. The molecule has 0 aliphatic heterocycles. The Labute approximate surface area is 79.5 Å². The van der Waals surface area contributed by atoms with Crippen molar-refractivity contribution in [3.8, 4) is 0 Å². The highest BCUT2D eigenvalue weighted by molar-refractivity contribution is 9.10. The second-order valence-corrected chi connectivity index (χ2v) is 3.66. The molecule has 1 nitrogen and oxygen atoms in total. The molecule has 0 fully saturated rings. The zero-order valence-electron chi connectivity index (χ0n) is 6.80. The molecular weight excluding hydrogens is 216 g/mol. The van der Waals surface area contributed by atoms with Gasteiger partial charge in [0, 0.05) is 16.3 Å². The molecule has 0 aliphatic carbocycles. The summed E-state index contributed by atoms with van der Waals surface area (Å²) >= 11 is 3.42. The maximum Gasteiger partial charge on any atom is 0.134 e. The molecule has 1 heterocycles. The van der Waals surface area contributed by atoms with Gasteiger partial charge in [-0.2, -0.15) is 0 Å². The molecular formula is C10H9BrO. The van der Waals surface area contributed by atoms with Gasteiger partial charge in [0.25, 0.3) is 0 Å². The summed E-state index contributed by atoms with van der Waals surface area (Å²) in [7, 11) is 0. The van der Waals surface area contributed by atoms with E-state index in [0.29, 0.717) is 0 Å². The molecule has 0 spiro atoms. The second-order valence-electron chi connectivity index (χ2n) is 2.75. The first-order valence-electron chi connectivity index (χ1n) is 3.97. The molecule has 0 aliphatic rings. The van der Waals surface area contributed by atoms with E-state index in [1.165, 1.54) is 5.39 Å². The molecule has 0 saturated heterocycles. The standard InChI is InChI=1S/C10H9BrO/c1-2-9-6-7-5-8(11)3-4-10(7)12-9/h3-6H,2H2,1H3. The zero-order valence-corrected chi connectivity index (χ0v) is 8.39. The van der Waals surface area contributed by atoms with Gasteiger partial charge in [-0.1, -0.05) is 22.9 Å². The number of hydrogen-bond acceptors (Lipinski definition) is 1. The van der Waals surface area contributed by atoms with E-state index >= 15 is 0 Å². The number of benzene rings is 1. The van der Waals surface area contributed by atoms with E-state index in [1.807, 2.05) is 12.1 Å². The van der Waals surface area contributed by atoms with Gasteiger partial charge >= 0.3 is 0 Å². The van der Waals surface area contributed by atoms with Crippen LogP contribution >= 0.6 is 15.9 Å². The fourth-order valence-electron chi connectivity index (χ4n) is 1.24. The fraction of sp³-hybridized carbons (Fsp3) is 0.200. The van der Waals surface area contributed by atoms with Crippen LogP contribution in [-0.4, -0.2) is 0 Å². The normalized spacial score (nSPS) is 10.8. The molecule has 2 aromatic rings. The SMILES string of the molecule is CCc1cc2cc(Br)ccc2o1. The van der Waals surface area contributed by atoms with Crippen LogP contribution in [0.3, 0.4) is 0 Å². The largest absolute Gasteiger partial charge is 0.461 e.